The Balaban J connectivity index is 1.75. The zero-order valence-electron chi connectivity index (χ0n) is 14.4. The van der Waals surface area contributed by atoms with Crippen molar-refractivity contribution in [2.75, 3.05) is 35.8 Å². The van der Waals surface area contributed by atoms with E-state index in [9.17, 15) is 9.59 Å². The number of para-hydroxylation sites is 1. The van der Waals surface area contributed by atoms with Gasteiger partial charge in [-0.3, -0.25) is 4.79 Å². The third-order valence-electron chi connectivity index (χ3n) is 4.15. The van der Waals surface area contributed by atoms with Crippen molar-refractivity contribution in [2.45, 2.75) is 12.8 Å². The molecule has 136 valence electrons. The second-order valence-corrected chi connectivity index (χ2v) is 6.39. The summed E-state index contributed by atoms with van der Waals surface area (Å²) in [5, 5.41) is 5.95. The summed E-state index contributed by atoms with van der Waals surface area (Å²) >= 11 is 6.05. The minimum atomic E-state index is -0.399. The van der Waals surface area contributed by atoms with Gasteiger partial charge >= 0.3 is 6.03 Å². The molecule has 0 saturated heterocycles. The van der Waals surface area contributed by atoms with E-state index in [2.05, 4.69) is 10.6 Å². The highest BCUT2D eigenvalue weighted by Gasteiger charge is 2.22. The van der Waals surface area contributed by atoms with Crippen LogP contribution in [0.2, 0.25) is 5.02 Å². The largest absolute Gasteiger partial charge is 0.375 e. The first-order valence-corrected chi connectivity index (χ1v) is 8.71. The fourth-order valence-corrected chi connectivity index (χ4v) is 3.14. The van der Waals surface area contributed by atoms with Crippen LogP contribution in [0.5, 0.6) is 0 Å². The van der Waals surface area contributed by atoms with Gasteiger partial charge < -0.3 is 20.3 Å². The fraction of sp³-hybridized carbons (Fsp3) is 0.263. The van der Waals surface area contributed by atoms with E-state index in [-0.39, 0.29) is 12.5 Å². The second-order valence-electron chi connectivity index (χ2n) is 5.98. The number of nitrogens with zero attached hydrogens (tertiary/aromatic N) is 1. The lowest BCUT2D eigenvalue weighted by Crippen LogP contribution is -2.37. The molecule has 7 heteroatoms. The summed E-state index contributed by atoms with van der Waals surface area (Å²) in [6.45, 7) is 0.675. The molecule has 0 radical (unpaired) electrons. The number of hydrogen-bond acceptors (Lipinski definition) is 3. The van der Waals surface area contributed by atoms with Crippen LogP contribution in [0.1, 0.15) is 12.0 Å². The van der Waals surface area contributed by atoms with Crippen LogP contribution in [0.4, 0.5) is 21.9 Å². The molecule has 1 aliphatic rings. The molecule has 2 N–H and O–H groups in total. The minimum Gasteiger partial charge on any atom is -0.375 e. The van der Waals surface area contributed by atoms with E-state index >= 15 is 0 Å². The van der Waals surface area contributed by atoms with Gasteiger partial charge in [0.1, 0.15) is 6.61 Å². The zero-order chi connectivity index (χ0) is 18.5. The Labute approximate surface area is 157 Å². The molecule has 1 aliphatic heterocycles. The number of fused-ring (bicyclic) bond motifs is 1. The summed E-state index contributed by atoms with van der Waals surface area (Å²) in [7, 11) is 1.50. The average Bonchev–Trinajstić information content (AvgIpc) is 2.63. The van der Waals surface area contributed by atoms with Gasteiger partial charge in [0.2, 0.25) is 0 Å². The Morgan fingerprint density at radius 3 is 2.77 bits per heavy atom. The maximum atomic E-state index is 12.3. The van der Waals surface area contributed by atoms with Crippen LogP contribution in [-0.2, 0) is 16.0 Å². The predicted molar refractivity (Wildman–Crippen MR) is 103 cm³/mol. The van der Waals surface area contributed by atoms with Crippen LogP contribution in [0.25, 0.3) is 0 Å². The van der Waals surface area contributed by atoms with Crippen molar-refractivity contribution >= 4 is 40.6 Å². The molecule has 2 aromatic carbocycles. The lowest BCUT2D eigenvalue weighted by molar-refractivity contribution is -0.122. The number of halogens is 1. The fourth-order valence-electron chi connectivity index (χ4n) is 2.96. The van der Waals surface area contributed by atoms with Gasteiger partial charge in [0.25, 0.3) is 5.91 Å². The number of ether oxygens (including phenoxy) is 1. The molecule has 0 bridgehead atoms. The number of carbonyl (C=O) groups excluding carboxylic acids is 2. The quantitative estimate of drug-likeness (QED) is 0.853. The molecule has 6 nitrogen and oxygen atoms in total. The Morgan fingerprint density at radius 1 is 1.19 bits per heavy atom. The topological polar surface area (TPSA) is 70.7 Å². The van der Waals surface area contributed by atoms with Crippen molar-refractivity contribution in [2.24, 2.45) is 0 Å². The number of nitrogens with one attached hydrogen (secondary N) is 2. The molecule has 1 heterocycles. The molecule has 0 saturated carbocycles. The smallest absolute Gasteiger partial charge is 0.323 e. The van der Waals surface area contributed by atoms with E-state index in [4.69, 9.17) is 16.3 Å². The first-order chi connectivity index (χ1) is 12.6. The molecular weight excluding hydrogens is 354 g/mol. The molecule has 0 fully saturated rings. The lowest BCUT2D eigenvalue weighted by Gasteiger charge is -2.29. The van der Waals surface area contributed by atoms with Crippen molar-refractivity contribution in [1.29, 1.82) is 0 Å². The van der Waals surface area contributed by atoms with E-state index in [0.717, 1.165) is 24.1 Å². The molecule has 2 aromatic rings. The molecule has 0 aliphatic carbocycles. The monoisotopic (exact) mass is 373 g/mol. The highest BCUT2D eigenvalue weighted by atomic mass is 35.5. The molecule has 0 unspecified atom stereocenters. The Hall–Kier alpha value is -2.57. The summed E-state index contributed by atoms with van der Waals surface area (Å²) in [4.78, 5) is 26.2. The number of aryl methyl sites for hydroxylation is 1. The number of carbonyl (C=O) groups is 2. The zero-order valence-corrected chi connectivity index (χ0v) is 15.2. The second kappa shape index (κ2) is 8.21. The minimum absolute atomic E-state index is 0.0318. The summed E-state index contributed by atoms with van der Waals surface area (Å²) in [5.74, 6) is -0.0916. The lowest BCUT2D eigenvalue weighted by atomic mass is 10.0. The van der Waals surface area contributed by atoms with E-state index in [0.29, 0.717) is 22.9 Å². The molecule has 3 amide bonds. The number of urea groups is 1. The van der Waals surface area contributed by atoms with Crippen LogP contribution in [0.3, 0.4) is 0 Å². The van der Waals surface area contributed by atoms with Gasteiger partial charge in [0.05, 0.1) is 10.7 Å². The predicted octanol–water partition coefficient (Wildman–Crippen LogP) is 3.91. The van der Waals surface area contributed by atoms with E-state index < -0.39 is 6.03 Å². The Morgan fingerprint density at radius 2 is 2.00 bits per heavy atom. The van der Waals surface area contributed by atoms with Crippen molar-refractivity contribution in [1.82, 2.24) is 0 Å². The van der Waals surface area contributed by atoms with Crippen molar-refractivity contribution in [3.05, 3.63) is 53.1 Å². The van der Waals surface area contributed by atoms with Crippen molar-refractivity contribution in [3.63, 3.8) is 0 Å². The van der Waals surface area contributed by atoms with Crippen LogP contribution in [0.15, 0.2) is 42.5 Å². The van der Waals surface area contributed by atoms with Gasteiger partial charge in [-0.15, -0.1) is 0 Å². The SMILES string of the molecule is COCC(=O)N1CCCc2ccc(NC(=O)Nc3ccccc3Cl)cc21. The van der Waals surface area contributed by atoms with Crippen LogP contribution in [-0.4, -0.2) is 32.2 Å². The van der Waals surface area contributed by atoms with Gasteiger partial charge in [-0.1, -0.05) is 29.8 Å². The highest BCUT2D eigenvalue weighted by molar-refractivity contribution is 6.33. The number of anilines is 3. The molecule has 3 rings (SSSR count). The van der Waals surface area contributed by atoms with Gasteiger partial charge in [-0.25, -0.2) is 4.79 Å². The Bertz CT molecular complexity index is 825. The van der Waals surface area contributed by atoms with Crippen LogP contribution >= 0.6 is 11.6 Å². The first kappa shape index (κ1) is 18.2. The van der Waals surface area contributed by atoms with Gasteiger partial charge in [-0.2, -0.15) is 0 Å². The first-order valence-electron chi connectivity index (χ1n) is 8.33. The normalized spacial score (nSPS) is 13.1. The highest BCUT2D eigenvalue weighted by Crippen LogP contribution is 2.30. The maximum Gasteiger partial charge on any atom is 0.323 e. The van der Waals surface area contributed by atoms with E-state index in [1.807, 2.05) is 18.2 Å². The average molecular weight is 374 g/mol. The molecule has 26 heavy (non-hydrogen) atoms. The third-order valence-corrected chi connectivity index (χ3v) is 4.48. The third kappa shape index (κ3) is 4.15. The van der Waals surface area contributed by atoms with Crippen LogP contribution < -0.4 is 15.5 Å². The van der Waals surface area contributed by atoms with Crippen molar-refractivity contribution < 1.29 is 14.3 Å². The van der Waals surface area contributed by atoms with E-state index in [1.165, 1.54) is 7.11 Å². The number of benzene rings is 2. The summed E-state index contributed by atoms with van der Waals surface area (Å²) < 4.78 is 4.96. The summed E-state index contributed by atoms with van der Waals surface area (Å²) in [6.07, 6.45) is 1.81. The molecular formula is C19H20ClN3O3. The number of hydrogen-bond donors (Lipinski definition) is 2. The number of rotatable bonds is 4. The van der Waals surface area contributed by atoms with Crippen molar-refractivity contribution in [3.8, 4) is 0 Å². The Kier molecular flexibility index (Phi) is 5.75. The molecule has 0 aromatic heterocycles. The number of methoxy groups -OCH3 is 1. The van der Waals surface area contributed by atoms with Gasteiger partial charge in [0, 0.05) is 25.0 Å². The van der Waals surface area contributed by atoms with E-state index in [1.54, 1.807) is 29.2 Å². The van der Waals surface area contributed by atoms with Gasteiger partial charge in [0.15, 0.2) is 0 Å². The molecule has 0 atom stereocenters. The van der Waals surface area contributed by atoms with Gasteiger partial charge in [-0.05, 0) is 42.7 Å². The van der Waals surface area contributed by atoms with Crippen LogP contribution in [0, 0.1) is 0 Å². The summed E-state index contributed by atoms with van der Waals surface area (Å²) in [5.41, 5.74) is 3.03. The standard InChI is InChI=1S/C19H20ClN3O3/c1-26-12-18(24)23-10-4-5-13-8-9-14(11-17(13)23)21-19(25)22-16-7-3-2-6-15(16)20/h2-3,6-9,11H,4-5,10,12H2,1H3,(H2,21,22,25). The maximum absolute atomic E-state index is 12.3. The number of amides is 3. The summed E-state index contributed by atoms with van der Waals surface area (Å²) in [6, 6.07) is 12.2. The molecule has 0 spiro atoms.